The first-order valence-electron chi connectivity index (χ1n) is 9.89. The summed E-state index contributed by atoms with van der Waals surface area (Å²) in [5.41, 5.74) is 4.55. The summed E-state index contributed by atoms with van der Waals surface area (Å²) in [6.45, 7) is 0.311. The SMILES string of the molecule is O=C(CNC(=O)c1ccccc1)NCc1cccc(-c2nc(-c3ccccc3)cs2)c1. The Morgan fingerprint density at radius 1 is 0.806 bits per heavy atom. The summed E-state index contributed by atoms with van der Waals surface area (Å²) in [5.74, 6) is -0.508. The first-order chi connectivity index (χ1) is 15.2. The summed E-state index contributed by atoms with van der Waals surface area (Å²) in [5, 5.41) is 8.46. The van der Waals surface area contributed by atoms with Gasteiger partial charge >= 0.3 is 0 Å². The van der Waals surface area contributed by atoms with E-state index in [0.29, 0.717) is 12.1 Å². The van der Waals surface area contributed by atoms with Crippen LogP contribution in [-0.2, 0) is 11.3 Å². The maximum Gasteiger partial charge on any atom is 0.251 e. The molecule has 3 aromatic carbocycles. The summed E-state index contributed by atoms with van der Waals surface area (Å²) >= 11 is 1.59. The zero-order valence-electron chi connectivity index (χ0n) is 16.7. The number of benzene rings is 3. The van der Waals surface area contributed by atoms with Gasteiger partial charge < -0.3 is 10.6 Å². The normalized spacial score (nSPS) is 10.5. The van der Waals surface area contributed by atoms with Gasteiger partial charge in [0.2, 0.25) is 5.91 Å². The second-order valence-corrected chi connectivity index (χ2v) is 7.79. The summed E-state index contributed by atoms with van der Waals surface area (Å²) < 4.78 is 0. The fourth-order valence-electron chi connectivity index (χ4n) is 3.08. The number of aromatic nitrogens is 1. The first kappa shape index (κ1) is 20.5. The van der Waals surface area contributed by atoms with Gasteiger partial charge in [-0.15, -0.1) is 11.3 Å². The van der Waals surface area contributed by atoms with Gasteiger partial charge in [-0.05, 0) is 23.8 Å². The first-order valence-corrected chi connectivity index (χ1v) is 10.8. The number of amides is 2. The largest absolute Gasteiger partial charge is 0.350 e. The number of nitrogens with zero attached hydrogens (tertiary/aromatic N) is 1. The molecule has 0 aliphatic rings. The lowest BCUT2D eigenvalue weighted by Crippen LogP contribution is -2.36. The number of nitrogens with one attached hydrogen (secondary N) is 2. The second kappa shape index (κ2) is 9.82. The van der Waals surface area contributed by atoms with E-state index >= 15 is 0 Å². The van der Waals surface area contributed by atoms with Crippen molar-refractivity contribution >= 4 is 23.2 Å². The molecule has 0 radical (unpaired) electrons. The summed E-state index contributed by atoms with van der Waals surface area (Å²) in [7, 11) is 0. The van der Waals surface area contributed by atoms with Crippen molar-refractivity contribution in [1.29, 1.82) is 0 Å². The van der Waals surface area contributed by atoms with E-state index < -0.39 is 0 Å². The molecule has 4 rings (SSSR count). The number of hydrogen-bond acceptors (Lipinski definition) is 4. The van der Waals surface area contributed by atoms with E-state index in [9.17, 15) is 9.59 Å². The van der Waals surface area contributed by atoms with Gasteiger partial charge in [-0.25, -0.2) is 4.98 Å². The highest BCUT2D eigenvalue weighted by atomic mass is 32.1. The molecule has 0 saturated heterocycles. The van der Waals surface area contributed by atoms with E-state index in [1.807, 2.05) is 60.7 Å². The van der Waals surface area contributed by atoms with Crippen LogP contribution in [0.25, 0.3) is 21.8 Å². The Bertz CT molecular complexity index is 1170. The number of carbonyl (C=O) groups is 2. The van der Waals surface area contributed by atoms with Crippen LogP contribution < -0.4 is 10.6 Å². The molecule has 0 aliphatic heterocycles. The minimum Gasteiger partial charge on any atom is -0.350 e. The van der Waals surface area contributed by atoms with Crippen molar-refractivity contribution in [2.75, 3.05) is 6.54 Å². The summed E-state index contributed by atoms with van der Waals surface area (Å²) in [4.78, 5) is 28.9. The Labute approximate surface area is 184 Å². The van der Waals surface area contributed by atoms with Crippen LogP contribution in [0.5, 0.6) is 0 Å². The molecule has 0 bridgehead atoms. The van der Waals surface area contributed by atoms with Crippen molar-refractivity contribution in [3.05, 3.63) is 101 Å². The Balaban J connectivity index is 1.33. The van der Waals surface area contributed by atoms with Gasteiger partial charge in [-0.1, -0.05) is 66.7 Å². The highest BCUT2D eigenvalue weighted by molar-refractivity contribution is 7.13. The molecule has 2 N–H and O–H groups in total. The summed E-state index contributed by atoms with van der Waals surface area (Å²) in [6, 6.07) is 26.8. The van der Waals surface area contributed by atoms with E-state index in [-0.39, 0.29) is 18.4 Å². The van der Waals surface area contributed by atoms with Crippen molar-refractivity contribution in [3.63, 3.8) is 0 Å². The molecule has 0 atom stereocenters. The fourth-order valence-corrected chi connectivity index (χ4v) is 3.90. The van der Waals surface area contributed by atoms with Crippen molar-refractivity contribution in [3.8, 4) is 21.8 Å². The zero-order chi connectivity index (χ0) is 21.5. The molecule has 0 fully saturated rings. The van der Waals surface area contributed by atoms with Crippen LogP contribution in [0.4, 0.5) is 0 Å². The maximum absolute atomic E-state index is 12.1. The molecule has 0 unspecified atom stereocenters. The Kier molecular flexibility index (Phi) is 6.50. The van der Waals surface area contributed by atoms with Crippen LogP contribution in [0.15, 0.2) is 90.3 Å². The van der Waals surface area contributed by atoms with Gasteiger partial charge in [0.25, 0.3) is 5.91 Å². The van der Waals surface area contributed by atoms with Crippen LogP contribution in [0.2, 0.25) is 0 Å². The third-order valence-electron chi connectivity index (χ3n) is 4.68. The molecular weight excluding hydrogens is 406 g/mol. The number of carbonyl (C=O) groups excluding carboxylic acids is 2. The quantitative estimate of drug-likeness (QED) is 0.455. The summed E-state index contributed by atoms with van der Waals surface area (Å²) in [6.07, 6.45) is 0. The molecule has 1 aromatic heterocycles. The average Bonchev–Trinajstić information content (AvgIpc) is 3.33. The topological polar surface area (TPSA) is 71.1 Å². The van der Waals surface area contributed by atoms with Crippen molar-refractivity contribution in [2.24, 2.45) is 0 Å². The zero-order valence-corrected chi connectivity index (χ0v) is 17.6. The van der Waals surface area contributed by atoms with E-state index in [2.05, 4.69) is 16.0 Å². The van der Waals surface area contributed by atoms with Crippen molar-refractivity contribution < 1.29 is 9.59 Å². The fraction of sp³-hybridized carbons (Fsp3) is 0.0800. The highest BCUT2D eigenvalue weighted by Crippen LogP contribution is 2.29. The van der Waals surface area contributed by atoms with Crippen LogP contribution >= 0.6 is 11.3 Å². The highest BCUT2D eigenvalue weighted by Gasteiger charge is 2.09. The molecule has 31 heavy (non-hydrogen) atoms. The third kappa shape index (κ3) is 5.43. The predicted octanol–water partition coefficient (Wildman–Crippen LogP) is 4.52. The molecule has 5 nitrogen and oxygen atoms in total. The van der Waals surface area contributed by atoms with Crippen LogP contribution in [0.1, 0.15) is 15.9 Å². The van der Waals surface area contributed by atoms with E-state index in [4.69, 9.17) is 4.98 Å². The van der Waals surface area contributed by atoms with Gasteiger partial charge in [0.05, 0.1) is 12.2 Å². The molecule has 0 saturated carbocycles. The van der Waals surface area contributed by atoms with Crippen LogP contribution in [-0.4, -0.2) is 23.3 Å². The molecule has 154 valence electrons. The minimum absolute atomic E-state index is 0.0691. The Hall–Kier alpha value is -3.77. The van der Waals surface area contributed by atoms with Crippen molar-refractivity contribution in [2.45, 2.75) is 6.54 Å². The van der Waals surface area contributed by atoms with Crippen molar-refractivity contribution in [1.82, 2.24) is 15.6 Å². The molecule has 0 spiro atoms. The number of rotatable bonds is 7. The molecular formula is C25H21N3O2S. The van der Waals surface area contributed by atoms with E-state index in [1.54, 1.807) is 35.6 Å². The number of hydrogen-bond donors (Lipinski definition) is 2. The van der Waals surface area contributed by atoms with Gasteiger partial charge in [0.1, 0.15) is 5.01 Å². The monoisotopic (exact) mass is 427 g/mol. The van der Waals surface area contributed by atoms with E-state index in [1.165, 1.54) is 0 Å². The molecule has 6 heteroatoms. The molecule has 2 amide bonds. The lowest BCUT2D eigenvalue weighted by atomic mass is 10.1. The number of thiazole rings is 1. The Morgan fingerprint density at radius 3 is 2.29 bits per heavy atom. The van der Waals surface area contributed by atoms with Gasteiger partial charge in [0.15, 0.2) is 0 Å². The molecule has 4 aromatic rings. The smallest absolute Gasteiger partial charge is 0.251 e. The maximum atomic E-state index is 12.1. The third-order valence-corrected chi connectivity index (χ3v) is 5.57. The van der Waals surface area contributed by atoms with Crippen LogP contribution in [0, 0.1) is 0 Å². The Morgan fingerprint density at radius 2 is 1.52 bits per heavy atom. The van der Waals surface area contributed by atoms with Crippen LogP contribution in [0.3, 0.4) is 0 Å². The standard InChI is InChI=1S/C25H21N3O2S/c29-23(16-27-24(30)20-11-5-2-6-12-20)26-15-18-8-7-13-21(14-18)25-28-22(17-31-25)19-9-3-1-4-10-19/h1-14,17H,15-16H2,(H,26,29)(H,27,30). The van der Waals surface area contributed by atoms with Gasteiger partial charge in [0, 0.05) is 28.6 Å². The molecule has 0 aliphatic carbocycles. The van der Waals surface area contributed by atoms with E-state index in [0.717, 1.165) is 27.4 Å². The second-order valence-electron chi connectivity index (χ2n) is 6.93. The van der Waals surface area contributed by atoms with Gasteiger partial charge in [-0.3, -0.25) is 9.59 Å². The minimum atomic E-state index is -0.268. The predicted molar refractivity (Wildman–Crippen MR) is 124 cm³/mol. The average molecular weight is 428 g/mol. The lowest BCUT2D eigenvalue weighted by molar-refractivity contribution is -0.120. The lowest BCUT2D eigenvalue weighted by Gasteiger charge is -2.08. The molecule has 1 heterocycles. The van der Waals surface area contributed by atoms with Gasteiger partial charge in [-0.2, -0.15) is 0 Å².